The highest BCUT2D eigenvalue weighted by molar-refractivity contribution is 6.09. The van der Waals surface area contributed by atoms with Crippen LogP contribution in [0.2, 0.25) is 0 Å². The average molecular weight is 270 g/mol. The second kappa shape index (κ2) is 5.99. The third kappa shape index (κ3) is 2.84. The summed E-state index contributed by atoms with van der Waals surface area (Å²) in [6.45, 7) is 0. The second-order valence-corrected chi connectivity index (χ2v) is 4.07. The van der Waals surface area contributed by atoms with Gasteiger partial charge in [-0.25, -0.2) is 10.9 Å². The summed E-state index contributed by atoms with van der Waals surface area (Å²) >= 11 is 0. The van der Waals surface area contributed by atoms with E-state index in [-0.39, 0.29) is 0 Å². The van der Waals surface area contributed by atoms with Gasteiger partial charge in [-0.2, -0.15) is 0 Å². The number of hydrazine groups is 1. The molecule has 0 saturated carbocycles. The van der Waals surface area contributed by atoms with Crippen LogP contribution in [0.5, 0.6) is 5.75 Å². The molecule has 0 saturated heterocycles. The second-order valence-electron chi connectivity index (χ2n) is 4.07. The number of nitrogens with two attached hydrogens (primary N) is 1. The number of hydrogen-bond acceptors (Lipinski definition) is 4. The molecular weight excluding hydrogens is 256 g/mol. The van der Waals surface area contributed by atoms with Gasteiger partial charge in [0, 0.05) is 11.1 Å². The minimum atomic E-state index is -0.568. The van der Waals surface area contributed by atoms with E-state index in [0.717, 1.165) is 0 Å². The highest BCUT2D eigenvalue weighted by Gasteiger charge is 2.20. The Morgan fingerprint density at radius 1 is 0.900 bits per heavy atom. The van der Waals surface area contributed by atoms with Gasteiger partial charge in [-0.15, -0.1) is 0 Å². The molecular formula is C15H14N2O3. The van der Waals surface area contributed by atoms with Crippen LogP contribution in [0.3, 0.4) is 0 Å². The number of benzene rings is 2. The number of nitrogens with zero attached hydrogens (tertiary/aromatic N) is 1. The lowest BCUT2D eigenvalue weighted by Gasteiger charge is -2.15. The summed E-state index contributed by atoms with van der Waals surface area (Å²) in [5, 5.41) is 0.608. The molecule has 0 unspecified atom stereocenters. The molecule has 2 rings (SSSR count). The molecule has 0 heterocycles. The molecule has 20 heavy (non-hydrogen) atoms. The van der Waals surface area contributed by atoms with Crippen molar-refractivity contribution in [3.05, 3.63) is 65.7 Å². The summed E-state index contributed by atoms with van der Waals surface area (Å²) in [6, 6.07) is 14.8. The molecule has 5 nitrogen and oxygen atoms in total. The Hall–Kier alpha value is -2.66. The van der Waals surface area contributed by atoms with E-state index >= 15 is 0 Å². The van der Waals surface area contributed by atoms with E-state index in [1.54, 1.807) is 54.6 Å². The Labute approximate surface area is 116 Å². The summed E-state index contributed by atoms with van der Waals surface area (Å²) in [4.78, 5) is 24.1. The number of carbonyl (C=O) groups excluding carboxylic acids is 2. The van der Waals surface area contributed by atoms with Gasteiger partial charge in [-0.3, -0.25) is 9.59 Å². The number of amides is 2. The fourth-order valence-electron chi connectivity index (χ4n) is 1.68. The Kier molecular flexibility index (Phi) is 4.12. The first-order valence-corrected chi connectivity index (χ1v) is 5.96. The van der Waals surface area contributed by atoms with E-state index in [9.17, 15) is 9.59 Å². The Balaban J connectivity index is 2.17. The van der Waals surface area contributed by atoms with Crippen molar-refractivity contribution in [1.82, 2.24) is 5.01 Å². The molecule has 0 aliphatic carbocycles. The first-order chi connectivity index (χ1) is 9.63. The van der Waals surface area contributed by atoms with Crippen LogP contribution in [0.25, 0.3) is 0 Å². The van der Waals surface area contributed by atoms with Gasteiger partial charge in [0.05, 0.1) is 7.11 Å². The molecule has 5 heteroatoms. The zero-order valence-electron chi connectivity index (χ0n) is 10.9. The highest BCUT2D eigenvalue weighted by atomic mass is 16.5. The zero-order chi connectivity index (χ0) is 14.5. The molecule has 2 N–H and O–H groups in total. The van der Waals surface area contributed by atoms with Gasteiger partial charge in [-0.1, -0.05) is 18.2 Å². The van der Waals surface area contributed by atoms with Crippen molar-refractivity contribution in [3.8, 4) is 5.75 Å². The van der Waals surface area contributed by atoms with Crippen LogP contribution in [0.4, 0.5) is 0 Å². The molecule has 0 aliphatic heterocycles. The van der Waals surface area contributed by atoms with Crippen molar-refractivity contribution in [2.45, 2.75) is 0 Å². The maximum Gasteiger partial charge on any atom is 0.275 e. The smallest absolute Gasteiger partial charge is 0.275 e. The molecule has 2 amide bonds. The minimum absolute atomic E-state index is 0.317. The first kappa shape index (κ1) is 13.8. The molecule has 2 aromatic rings. The Bertz CT molecular complexity index is 609. The maximum absolute atomic E-state index is 12.1. The van der Waals surface area contributed by atoms with Crippen LogP contribution in [-0.2, 0) is 0 Å². The third-order valence-electron chi connectivity index (χ3n) is 2.80. The van der Waals surface area contributed by atoms with Gasteiger partial charge in [-0.05, 0) is 36.4 Å². The van der Waals surface area contributed by atoms with Gasteiger partial charge >= 0.3 is 0 Å². The van der Waals surface area contributed by atoms with E-state index < -0.39 is 11.8 Å². The lowest BCUT2D eigenvalue weighted by molar-refractivity contribution is 0.0615. The standard InChI is InChI=1S/C15H14N2O3/c1-20-13-9-7-12(8-10-13)15(19)17(16)14(18)11-5-3-2-4-6-11/h2-10H,16H2,1H3. The van der Waals surface area contributed by atoms with Gasteiger partial charge < -0.3 is 4.74 Å². The summed E-state index contributed by atoms with van der Waals surface area (Å²) in [7, 11) is 1.53. The fourth-order valence-corrected chi connectivity index (χ4v) is 1.68. The topological polar surface area (TPSA) is 72.6 Å². The summed E-state index contributed by atoms with van der Waals surface area (Å²) in [6.07, 6.45) is 0. The van der Waals surface area contributed by atoms with Crippen LogP contribution in [0, 0.1) is 0 Å². The van der Waals surface area contributed by atoms with Crippen molar-refractivity contribution >= 4 is 11.8 Å². The molecule has 0 aromatic heterocycles. The average Bonchev–Trinajstić information content (AvgIpc) is 2.53. The van der Waals surface area contributed by atoms with Crippen LogP contribution < -0.4 is 10.6 Å². The van der Waals surface area contributed by atoms with Crippen molar-refractivity contribution in [2.24, 2.45) is 5.84 Å². The number of hydrogen-bond donors (Lipinski definition) is 1. The molecule has 102 valence electrons. The van der Waals surface area contributed by atoms with Crippen LogP contribution in [0.15, 0.2) is 54.6 Å². The highest BCUT2D eigenvalue weighted by Crippen LogP contribution is 2.13. The third-order valence-corrected chi connectivity index (χ3v) is 2.80. The maximum atomic E-state index is 12.1. The van der Waals surface area contributed by atoms with E-state index in [1.165, 1.54) is 7.11 Å². The van der Waals surface area contributed by atoms with Crippen LogP contribution in [-0.4, -0.2) is 23.9 Å². The van der Waals surface area contributed by atoms with E-state index in [2.05, 4.69) is 0 Å². The number of imide groups is 1. The molecule has 0 bridgehead atoms. The van der Waals surface area contributed by atoms with Crippen LogP contribution >= 0.6 is 0 Å². The molecule has 0 spiro atoms. The van der Waals surface area contributed by atoms with Gasteiger partial charge in [0.1, 0.15) is 5.75 Å². The number of methoxy groups -OCH3 is 1. The number of rotatable bonds is 3. The van der Waals surface area contributed by atoms with E-state index in [0.29, 0.717) is 21.9 Å². The monoisotopic (exact) mass is 270 g/mol. The van der Waals surface area contributed by atoms with E-state index in [1.807, 2.05) is 0 Å². The lowest BCUT2D eigenvalue weighted by atomic mass is 10.1. The summed E-state index contributed by atoms with van der Waals surface area (Å²) in [5.41, 5.74) is 0.675. The van der Waals surface area contributed by atoms with Gasteiger partial charge in [0.2, 0.25) is 0 Å². The SMILES string of the molecule is COc1ccc(C(=O)N(N)C(=O)c2ccccc2)cc1. The largest absolute Gasteiger partial charge is 0.497 e. The molecule has 0 radical (unpaired) electrons. The number of ether oxygens (including phenoxy) is 1. The summed E-state index contributed by atoms with van der Waals surface area (Å²) < 4.78 is 5.00. The van der Waals surface area contributed by atoms with Crippen molar-refractivity contribution in [2.75, 3.05) is 7.11 Å². The van der Waals surface area contributed by atoms with Crippen molar-refractivity contribution in [3.63, 3.8) is 0 Å². The number of carbonyl (C=O) groups is 2. The molecule has 2 aromatic carbocycles. The first-order valence-electron chi connectivity index (χ1n) is 5.96. The molecule has 0 atom stereocenters. The molecule has 0 fully saturated rings. The van der Waals surface area contributed by atoms with Gasteiger partial charge in [0.15, 0.2) is 0 Å². The normalized spacial score (nSPS) is 9.90. The predicted molar refractivity (Wildman–Crippen MR) is 74.1 cm³/mol. The van der Waals surface area contributed by atoms with Crippen molar-refractivity contribution in [1.29, 1.82) is 0 Å². The van der Waals surface area contributed by atoms with Crippen molar-refractivity contribution < 1.29 is 14.3 Å². The zero-order valence-corrected chi connectivity index (χ0v) is 10.9. The summed E-state index contributed by atoms with van der Waals surface area (Å²) in [5.74, 6) is 5.11. The fraction of sp³-hybridized carbons (Fsp3) is 0.0667. The quantitative estimate of drug-likeness (QED) is 0.400. The minimum Gasteiger partial charge on any atom is -0.497 e. The lowest BCUT2D eigenvalue weighted by Crippen LogP contribution is -2.42. The van der Waals surface area contributed by atoms with Gasteiger partial charge in [0.25, 0.3) is 11.8 Å². The Morgan fingerprint density at radius 2 is 1.40 bits per heavy atom. The van der Waals surface area contributed by atoms with Crippen LogP contribution in [0.1, 0.15) is 20.7 Å². The Morgan fingerprint density at radius 3 is 1.90 bits per heavy atom. The van der Waals surface area contributed by atoms with E-state index in [4.69, 9.17) is 10.6 Å². The predicted octanol–water partition coefficient (Wildman–Crippen LogP) is 1.85. The molecule has 0 aliphatic rings.